The van der Waals surface area contributed by atoms with E-state index in [1.165, 1.54) is 5.69 Å². The molecule has 1 heterocycles. The molecular weight excluding hydrogens is 282 g/mol. The van der Waals surface area contributed by atoms with Gasteiger partial charge in [0.2, 0.25) is 0 Å². The highest BCUT2D eigenvalue weighted by molar-refractivity contribution is 6.31. The van der Waals surface area contributed by atoms with Crippen molar-refractivity contribution < 1.29 is 0 Å². The molecule has 2 N–H and O–H groups in total. The zero-order valence-electron chi connectivity index (χ0n) is 12.2. The highest BCUT2D eigenvalue weighted by Crippen LogP contribution is 2.28. The molecule has 0 amide bonds. The Kier molecular flexibility index (Phi) is 4.32. The lowest BCUT2D eigenvalue weighted by molar-refractivity contribution is 0.589. The van der Waals surface area contributed by atoms with Crippen molar-refractivity contribution in [2.75, 3.05) is 36.4 Å². The third-order valence-corrected chi connectivity index (χ3v) is 4.28. The summed E-state index contributed by atoms with van der Waals surface area (Å²) in [6, 6.07) is 14.5. The average molecular weight is 302 g/mol. The van der Waals surface area contributed by atoms with Gasteiger partial charge in [0, 0.05) is 48.3 Å². The Morgan fingerprint density at radius 1 is 1.10 bits per heavy atom. The minimum absolute atomic E-state index is 0.790. The smallest absolute Gasteiger partial charge is 0.0455 e. The topological polar surface area (TPSA) is 27.3 Å². The lowest BCUT2D eigenvalue weighted by Crippen LogP contribution is -2.43. The van der Waals surface area contributed by atoms with E-state index in [2.05, 4.69) is 45.9 Å². The highest BCUT2D eigenvalue weighted by atomic mass is 35.5. The van der Waals surface area contributed by atoms with Crippen LogP contribution in [-0.4, -0.2) is 26.2 Å². The van der Waals surface area contributed by atoms with Gasteiger partial charge >= 0.3 is 0 Å². The van der Waals surface area contributed by atoms with E-state index in [9.17, 15) is 0 Å². The molecule has 1 aliphatic rings. The van der Waals surface area contributed by atoms with E-state index in [0.29, 0.717) is 0 Å². The zero-order chi connectivity index (χ0) is 14.7. The van der Waals surface area contributed by atoms with E-state index in [-0.39, 0.29) is 0 Å². The number of hydrogen-bond donors (Lipinski definition) is 2. The number of benzene rings is 2. The van der Waals surface area contributed by atoms with Crippen molar-refractivity contribution >= 4 is 28.7 Å². The summed E-state index contributed by atoms with van der Waals surface area (Å²) in [6.45, 7) is 6.24. The maximum atomic E-state index is 6.18. The number of nitrogens with one attached hydrogen (secondary N) is 2. The van der Waals surface area contributed by atoms with Crippen LogP contribution in [0.25, 0.3) is 0 Å². The third kappa shape index (κ3) is 3.31. The number of nitrogens with zero attached hydrogens (tertiary/aromatic N) is 1. The molecule has 0 radical (unpaired) electrons. The van der Waals surface area contributed by atoms with Crippen LogP contribution in [0.4, 0.5) is 17.1 Å². The van der Waals surface area contributed by atoms with Gasteiger partial charge in [0.15, 0.2) is 0 Å². The van der Waals surface area contributed by atoms with Gasteiger partial charge in [0.05, 0.1) is 0 Å². The van der Waals surface area contributed by atoms with Crippen LogP contribution in [0.5, 0.6) is 0 Å². The SMILES string of the molecule is Cc1c(Cl)cccc1Nc1cccc(N2CCNCC2)c1. The van der Waals surface area contributed by atoms with Crippen molar-refractivity contribution in [3.8, 4) is 0 Å². The van der Waals surface area contributed by atoms with Crippen LogP contribution in [-0.2, 0) is 0 Å². The second-order valence-electron chi connectivity index (χ2n) is 5.32. The molecule has 0 unspecified atom stereocenters. The number of hydrogen-bond acceptors (Lipinski definition) is 3. The zero-order valence-corrected chi connectivity index (χ0v) is 13.0. The van der Waals surface area contributed by atoms with Crippen molar-refractivity contribution in [1.82, 2.24) is 5.32 Å². The predicted octanol–water partition coefficient (Wildman–Crippen LogP) is 3.80. The fourth-order valence-electron chi connectivity index (χ4n) is 2.60. The molecule has 0 bridgehead atoms. The largest absolute Gasteiger partial charge is 0.369 e. The van der Waals surface area contributed by atoms with Crippen LogP contribution in [0.15, 0.2) is 42.5 Å². The Hall–Kier alpha value is -1.71. The van der Waals surface area contributed by atoms with Gasteiger partial charge in [-0.25, -0.2) is 0 Å². The van der Waals surface area contributed by atoms with Gasteiger partial charge in [-0.2, -0.15) is 0 Å². The Bertz CT molecular complexity index is 621. The van der Waals surface area contributed by atoms with Gasteiger partial charge in [-0.1, -0.05) is 23.7 Å². The molecule has 3 rings (SSSR count). The summed E-state index contributed by atoms with van der Waals surface area (Å²) in [5.74, 6) is 0. The Morgan fingerprint density at radius 3 is 2.67 bits per heavy atom. The van der Waals surface area contributed by atoms with Crippen molar-refractivity contribution in [1.29, 1.82) is 0 Å². The molecule has 3 nitrogen and oxygen atoms in total. The first-order valence-electron chi connectivity index (χ1n) is 7.32. The van der Waals surface area contributed by atoms with Crippen LogP contribution in [0.1, 0.15) is 5.56 Å². The maximum Gasteiger partial charge on any atom is 0.0455 e. The van der Waals surface area contributed by atoms with Gasteiger partial charge in [0.1, 0.15) is 0 Å². The van der Waals surface area contributed by atoms with Crippen molar-refractivity contribution in [2.24, 2.45) is 0 Å². The first-order chi connectivity index (χ1) is 10.2. The van der Waals surface area contributed by atoms with E-state index in [0.717, 1.165) is 48.1 Å². The van der Waals surface area contributed by atoms with Crippen molar-refractivity contribution in [3.05, 3.63) is 53.1 Å². The molecule has 0 aromatic heterocycles. The summed E-state index contributed by atoms with van der Waals surface area (Å²) in [5.41, 5.74) is 4.49. The van der Waals surface area contributed by atoms with Crippen LogP contribution in [0.2, 0.25) is 5.02 Å². The molecule has 4 heteroatoms. The first-order valence-corrected chi connectivity index (χ1v) is 7.70. The normalized spacial score (nSPS) is 15.0. The second kappa shape index (κ2) is 6.37. The van der Waals surface area contributed by atoms with Gasteiger partial charge in [-0.05, 0) is 42.8 Å². The van der Waals surface area contributed by atoms with E-state index >= 15 is 0 Å². The molecule has 2 aromatic carbocycles. The first kappa shape index (κ1) is 14.2. The summed E-state index contributed by atoms with van der Waals surface area (Å²) in [4.78, 5) is 2.41. The summed E-state index contributed by atoms with van der Waals surface area (Å²) < 4.78 is 0. The van der Waals surface area contributed by atoms with Gasteiger partial charge in [0.25, 0.3) is 0 Å². The summed E-state index contributed by atoms with van der Waals surface area (Å²) in [5, 5.41) is 7.64. The van der Waals surface area contributed by atoms with Crippen LogP contribution >= 0.6 is 11.6 Å². The quantitative estimate of drug-likeness (QED) is 0.903. The Balaban J connectivity index is 1.81. The molecule has 0 aliphatic carbocycles. The molecule has 2 aromatic rings. The van der Waals surface area contributed by atoms with E-state index in [1.54, 1.807) is 0 Å². The molecule has 0 saturated carbocycles. The number of piperazine rings is 1. The standard InChI is InChI=1S/C17H20ClN3/c1-13-16(18)6-3-7-17(13)20-14-4-2-5-15(12-14)21-10-8-19-9-11-21/h2-7,12,19-20H,8-11H2,1H3. The van der Waals surface area contributed by atoms with Crippen molar-refractivity contribution in [3.63, 3.8) is 0 Å². The lowest BCUT2D eigenvalue weighted by atomic mass is 10.2. The fourth-order valence-corrected chi connectivity index (χ4v) is 2.78. The minimum atomic E-state index is 0.790. The van der Waals surface area contributed by atoms with Gasteiger partial charge in [-0.3, -0.25) is 0 Å². The molecular formula is C17H20ClN3. The van der Waals surface area contributed by atoms with E-state index in [1.807, 2.05) is 19.1 Å². The Morgan fingerprint density at radius 2 is 1.86 bits per heavy atom. The van der Waals surface area contributed by atoms with E-state index in [4.69, 9.17) is 11.6 Å². The summed E-state index contributed by atoms with van der Waals surface area (Å²) >= 11 is 6.18. The fraction of sp³-hybridized carbons (Fsp3) is 0.294. The number of rotatable bonds is 3. The molecule has 110 valence electrons. The molecule has 0 atom stereocenters. The van der Waals surface area contributed by atoms with Gasteiger partial charge in [-0.15, -0.1) is 0 Å². The average Bonchev–Trinajstić information content (AvgIpc) is 2.53. The van der Waals surface area contributed by atoms with Crippen LogP contribution < -0.4 is 15.5 Å². The number of anilines is 3. The predicted molar refractivity (Wildman–Crippen MR) is 91.0 cm³/mol. The second-order valence-corrected chi connectivity index (χ2v) is 5.73. The molecule has 21 heavy (non-hydrogen) atoms. The number of halogens is 1. The van der Waals surface area contributed by atoms with Crippen molar-refractivity contribution in [2.45, 2.75) is 6.92 Å². The molecule has 1 saturated heterocycles. The van der Waals surface area contributed by atoms with E-state index < -0.39 is 0 Å². The molecule has 1 aliphatic heterocycles. The monoisotopic (exact) mass is 301 g/mol. The highest BCUT2D eigenvalue weighted by Gasteiger charge is 2.11. The third-order valence-electron chi connectivity index (χ3n) is 3.87. The Labute approximate surface area is 130 Å². The summed E-state index contributed by atoms with van der Waals surface area (Å²) in [6.07, 6.45) is 0. The minimum Gasteiger partial charge on any atom is -0.369 e. The maximum absolute atomic E-state index is 6.18. The summed E-state index contributed by atoms with van der Waals surface area (Å²) in [7, 11) is 0. The molecule has 0 spiro atoms. The van der Waals surface area contributed by atoms with Gasteiger partial charge < -0.3 is 15.5 Å². The lowest BCUT2D eigenvalue weighted by Gasteiger charge is -2.29. The van der Waals surface area contributed by atoms with Crippen LogP contribution in [0.3, 0.4) is 0 Å². The molecule has 1 fully saturated rings. The van der Waals surface area contributed by atoms with Crippen LogP contribution in [0, 0.1) is 6.92 Å².